The Labute approximate surface area is 89.0 Å². The zero-order valence-electron chi connectivity index (χ0n) is 8.53. The van der Waals surface area contributed by atoms with Gasteiger partial charge in [-0.05, 0) is 17.7 Å². The van der Waals surface area contributed by atoms with Crippen LogP contribution < -0.4 is 0 Å². The quantitative estimate of drug-likeness (QED) is 0.425. The van der Waals surface area contributed by atoms with Crippen molar-refractivity contribution in [1.82, 2.24) is 0 Å². The molecule has 0 heterocycles. The fraction of sp³-hybridized carbons (Fsp3) is 0.250. The maximum Gasteiger partial charge on any atom is 0.337 e. The Morgan fingerprint density at radius 2 is 2.07 bits per heavy atom. The van der Waals surface area contributed by atoms with Crippen LogP contribution in [0.25, 0.3) is 0 Å². The van der Waals surface area contributed by atoms with Gasteiger partial charge in [-0.25, -0.2) is 4.79 Å². The molecule has 0 atom stereocenters. The van der Waals surface area contributed by atoms with Crippen molar-refractivity contribution >= 4 is 5.97 Å². The first kappa shape index (κ1) is 11.3. The molecule has 0 bridgehead atoms. The summed E-state index contributed by atoms with van der Waals surface area (Å²) in [6.45, 7) is 0.740. The highest BCUT2D eigenvalue weighted by Crippen LogP contribution is 2.06. The van der Waals surface area contributed by atoms with Gasteiger partial charge in [-0.15, -0.1) is 6.42 Å². The molecule has 0 fully saturated rings. The molecule has 0 N–H and O–H groups in total. The minimum Gasteiger partial charge on any atom is -0.465 e. The largest absolute Gasteiger partial charge is 0.465 e. The second kappa shape index (κ2) is 5.84. The molecule has 78 valence electrons. The minimum atomic E-state index is -0.342. The Kier molecular flexibility index (Phi) is 4.39. The third-order valence-corrected chi connectivity index (χ3v) is 1.83. The zero-order chi connectivity index (χ0) is 11.1. The van der Waals surface area contributed by atoms with Crippen LogP contribution in [0.15, 0.2) is 24.3 Å². The lowest BCUT2D eigenvalue weighted by Gasteiger charge is -2.02. The molecule has 0 saturated heterocycles. The Morgan fingerprint density at radius 3 is 2.60 bits per heavy atom. The molecule has 3 heteroatoms. The first-order valence-corrected chi connectivity index (χ1v) is 4.46. The van der Waals surface area contributed by atoms with E-state index in [1.807, 2.05) is 12.1 Å². The molecule has 0 aromatic heterocycles. The summed E-state index contributed by atoms with van der Waals surface area (Å²) >= 11 is 0. The van der Waals surface area contributed by atoms with Crippen molar-refractivity contribution in [3.05, 3.63) is 35.4 Å². The van der Waals surface area contributed by atoms with Crippen molar-refractivity contribution in [1.29, 1.82) is 0 Å². The van der Waals surface area contributed by atoms with Crippen LogP contribution >= 0.6 is 0 Å². The first-order chi connectivity index (χ1) is 7.27. The van der Waals surface area contributed by atoms with Gasteiger partial charge in [0, 0.05) is 0 Å². The summed E-state index contributed by atoms with van der Waals surface area (Å²) in [5.74, 6) is 2.04. The molecule has 0 saturated carbocycles. The molecule has 0 radical (unpaired) electrons. The standard InChI is InChI=1S/C12H12O3/c1-3-8-15-9-10-4-6-11(7-5-10)12(13)14-2/h1,4-7H,8-9H2,2H3. The van der Waals surface area contributed by atoms with E-state index in [0.717, 1.165) is 5.56 Å². The molecule has 15 heavy (non-hydrogen) atoms. The average Bonchev–Trinajstić information content (AvgIpc) is 2.29. The van der Waals surface area contributed by atoms with Crippen molar-refractivity contribution in [2.75, 3.05) is 13.7 Å². The van der Waals surface area contributed by atoms with Crippen molar-refractivity contribution in [3.8, 4) is 12.3 Å². The van der Waals surface area contributed by atoms with Gasteiger partial charge in [0.15, 0.2) is 0 Å². The number of ether oxygens (including phenoxy) is 2. The van der Waals surface area contributed by atoms with Gasteiger partial charge < -0.3 is 9.47 Å². The lowest BCUT2D eigenvalue weighted by molar-refractivity contribution is 0.0600. The summed E-state index contributed by atoms with van der Waals surface area (Å²) in [5.41, 5.74) is 1.50. The lowest BCUT2D eigenvalue weighted by Crippen LogP contribution is -2.01. The maximum absolute atomic E-state index is 11.1. The van der Waals surface area contributed by atoms with E-state index < -0.39 is 0 Å². The monoisotopic (exact) mass is 204 g/mol. The normalized spacial score (nSPS) is 9.33. The number of hydrogen-bond acceptors (Lipinski definition) is 3. The van der Waals surface area contributed by atoms with Crippen molar-refractivity contribution in [3.63, 3.8) is 0 Å². The van der Waals surface area contributed by atoms with Crippen molar-refractivity contribution < 1.29 is 14.3 Å². The molecular weight excluding hydrogens is 192 g/mol. The van der Waals surface area contributed by atoms with Gasteiger partial charge in [-0.3, -0.25) is 0 Å². The van der Waals surface area contributed by atoms with E-state index in [-0.39, 0.29) is 5.97 Å². The fourth-order valence-electron chi connectivity index (χ4n) is 1.08. The number of hydrogen-bond donors (Lipinski definition) is 0. The van der Waals surface area contributed by atoms with Crippen LogP contribution in [0.1, 0.15) is 15.9 Å². The summed E-state index contributed by atoms with van der Waals surface area (Å²) < 4.78 is 9.72. The number of esters is 1. The molecule has 0 aliphatic carbocycles. The van der Waals surface area contributed by atoms with Gasteiger partial charge in [0.1, 0.15) is 6.61 Å². The lowest BCUT2D eigenvalue weighted by atomic mass is 10.1. The molecule has 0 aliphatic rings. The highest BCUT2D eigenvalue weighted by Gasteiger charge is 2.03. The Hall–Kier alpha value is -1.79. The van der Waals surface area contributed by atoms with E-state index in [4.69, 9.17) is 11.2 Å². The Morgan fingerprint density at radius 1 is 1.40 bits per heavy atom. The van der Waals surface area contributed by atoms with Gasteiger partial charge in [-0.2, -0.15) is 0 Å². The van der Waals surface area contributed by atoms with Crippen molar-refractivity contribution in [2.24, 2.45) is 0 Å². The second-order valence-corrected chi connectivity index (χ2v) is 2.89. The van der Waals surface area contributed by atoms with E-state index in [1.165, 1.54) is 7.11 Å². The number of carbonyl (C=O) groups is 1. The summed E-state index contributed by atoms with van der Waals surface area (Å²) in [5, 5.41) is 0. The molecule has 0 aliphatic heterocycles. The molecule has 0 amide bonds. The van der Waals surface area contributed by atoms with Gasteiger partial charge in [0.05, 0.1) is 19.3 Å². The van der Waals surface area contributed by atoms with Crippen LogP contribution in [0.4, 0.5) is 0 Å². The number of benzene rings is 1. The highest BCUT2D eigenvalue weighted by atomic mass is 16.5. The van der Waals surface area contributed by atoms with Crippen LogP contribution in [-0.4, -0.2) is 19.7 Å². The van der Waals surface area contributed by atoms with E-state index in [0.29, 0.717) is 18.8 Å². The second-order valence-electron chi connectivity index (χ2n) is 2.89. The Bertz CT molecular complexity index is 359. The number of terminal acetylenes is 1. The van der Waals surface area contributed by atoms with Crippen LogP contribution in [-0.2, 0) is 16.1 Å². The number of methoxy groups -OCH3 is 1. The van der Waals surface area contributed by atoms with Crippen molar-refractivity contribution in [2.45, 2.75) is 6.61 Å². The maximum atomic E-state index is 11.1. The van der Waals surface area contributed by atoms with E-state index in [1.54, 1.807) is 12.1 Å². The molecule has 1 aromatic rings. The third-order valence-electron chi connectivity index (χ3n) is 1.83. The SMILES string of the molecule is C#CCOCc1ccc(C(=O)OC)cc1. The predicted octanol–water partition coefficient (Wildman–Crippen LogP) is 1.62. The van der Waals surface area contributed by atoms with Crippen LogP contribution in [0.3, 0.4) is 0 Å². The summed E-state index contributed by atoms with van der Waals surface area (Å²) in [6, 6.07) is 7.01. The minimum absolute atomic E-state index is 0.290. The molecule has 1 aromatic carbocycles. The predicted molar refractivity (Wildman–Crippen MR) is 56.3 cm³/mol. The highest BCUT2D eigenvalue weighted by molar-refractivity contribution is 5.89. The van der Waals surface area contributed by atoms with E-state index >= 15 is 0 Å². The summed E-state index contributed by atoms with van der Waals surface area (Å²) in [4.78, 5) is 11.1. The smallest absolute Gasteiger partial charge is 0.337 e. The first-order valence-electron chi connectivity index (χ1n) is 4.46. The van der Waals surface area contributed by atoms with E-state index in [9.17, 15) is 4.79 Å². The van der Waals surface area contributed by atoms with Crippen LogP contribution in [0.5, 0.6) is 0 Å². The average molecular weight is 204 g/mol. The third kappa shape index (κ3) is 3.45. The van der Waals surface area contributed by atoms with Gasteiger partial charge in [0.25, 0.3) is 0 Å². The van der Waals surface area contributed by atoms with Gasteiger partial charge in [-0.1, -0.05) is 18.1 Å². The molecular formula is C12H12O3. The Balaban J connectivity index is 2.57. The molecule has 1 rings (SSSR count). The molecule has 3 nitrogen and oxygen atoms in total. The zero-order valence-corrected chi connectivity index (χ0v) is 8.53. The van der Waals surface area contributed by atoms with Crippen LogP contribution in [0.2, 0.25) is 0 Å². The number of rotatable bonds is 4. The number of carbonyl (C=O) groups excluding carboxylic acids is 1. The van der Waals surface area contributed by atoms with E-state index in [2.05, 4.69) is 10.7 Å². The van der Waals surface area contributed by atoms with Gasteiger partial charge >= 0.3 is 5.97 Å². The molecule has 0 unspecified atom stereocenters. The van der Waals surface area contributed by atoms with Crippen LogP contribution in [0, 0.1) is 12.3 Å². The summed E-state index contributed by atoms with van der Waals surface area (Å²) in [7, 11) is 1.35. The van der Waals surface area contributed by atoms with Gasteiger partial charge in [0.2, 0.25) is 0 Å². The summed E-state index contributed by atoms with van der Waals surface area (Å²) in [6.07, 6.45) is 5.04. The molecule has 0 spiro atoms. The fourth-order valence-corrected chi connectivity index (χ4v) is 1.08. The topological polar surface area (TPSA) is 35.5 Å².